The lowest BCUT2D eigenvalue weighted by atomic mass is 10.1. The third-order valence-corrected chi connectivity index (χ3v) is 6.40. The minimum Gasteiger partial charge on any atom is -0.395 e. The minimum absolute atomic E-state index is 0.0486. The van der Waals surface area contributed by atoms with Gasteiger partial charge in [-0.15, -0.1) is 0 Å². The Bertz CT molecular complexity index is 746. The van der Waals surface area contributed by atoms with Crippen LogP contribution in [0.25, 0.3) is 0 Å². The molecule has 9 nitrogen and oxygen atoms in total. The zero-order chi connectivity index (χ0) is 26.9. The molecule has 0 aliphatic carbocycles. The van der Waals surface area contributed by atoms with Crippen molar-refractivity contribution >= 4 is 6.34 Å². The Kier molecular flexibility index (Phi) is 16.0. The number of hydrogen-bond donors (Lipinski definition) is 1. The number of likely N-dealkylation sites (N-methyl/N-ethyl adjacent to an activating group) is 2. The molecule has 0 aromatic carbocycles. The molecule has 1 aliphatic heterocycles. The van der Waals surface area contributed by atoms with Gasteiger partial charge in [-0.05, 0) is 65.7 Å². The van der Waals surface area contributed by atoms with Crippen LogP contribution in [0.3, 0.4) is 0 Å². The Morgan fingerprint density at radius 3 is 2.56 bits per heavy atom. The average Bonchev–Trinajstić information content (AvgIpc) is 3.32. The molecule has 1 N–H and O–H groups in total. The van der Waals surface area contributed by atoms with Gasteiger partial charge in [0.05, 0.1) is 30.6 Å². The normalized spacial score (nSPS) is 16.2. The number of aliphatic hydroxyl groups is 1. The lowest BCUT2D eigenvalue weighted by Gasteiger charge is -2.29. The molecule has 0 bridgehead atoms. The maximum atomic E-state index is 11.0. The van der Waals surface area contributed by atoms with Crippen molar-refractivity contribution in [2.45, 2.75) is 65.5 Å². The van der Waals surface area contributed by atoms with E-state index in [0.717, 1.165) is 38.8 Å². The summed E-state index contributed by atoms with van der Waals surface area (Å²) in [5.74, 6) is 0. The predicted octanol–water partition coefficient (Wildman–Crippen LogP) is 3.82. The summed E-state index contributed by atoms with van der Waals surface area (Å²) in [5.41, 5.74) is 2.63. The van der Waals surface area contributed by atoms with Crippen LogP contribution >= 0.6 is 0 Å². The molecule has 36 heavy (non-hydrogen) atoms. The number of unbranched alkanes of at least 4 members (excludes halogenated alkanes) is 1. The van der Waals surface area contributed by atoms with Gasteiger partial charge in [0.1, 0.15) is 6.17 Å². The molecule has 0 aromatic heterocycles. The summed E-state index contributed by atoms with van der Waals surface area (Å²) in [5, 5.41) is 20.6. The molecular formula is C27H50N6O3. The molecular weight excluding hydrogens is 456 g/mol. The van der Waals surface area contributed by atoms with E-state index in [9.17, 15) is 15.2 Å². The van der Waals surface area contributed by atoms with Gasteiger partial charge in [-0.3, -0.25) is 24.9 Å². The fourth-order valence-electron chi connectivity index (χ4n) is 4.25. The first-order valence-electron chi connectivity index (χ1n) is 13.3. The lowest BCUT2D eigenvalue weighted by molar-refractivity contribution is -0.425. The van der Waals surface area contributed by atoms with E-state index in [1.807, 2.05) is 30.2 Å². The van der Waals surface area contributed by atoms with Crippen LogP contribution in [-0.4, -0.2) is 109 Å². The molecule has 0 radical (unpaired) electrons. The number of rotatable bonds is 19. The molecule has 1 aliphatic rings. The highest BCUT2D eigenvalue weighted by Crippen LogP contribution is 2.13. The monoisotopic (exact) mass is 506 g/mol. The van der Waals surface area contributed by atoms with Gasteiger partial charge < -0.3 is 14.9 Å². The van der Waals surface area contributed by atoms with Gasteiger partial charge in [0.15, 0.2) is 0 Å². The molecule has 1 rings (SSSR count). The second-order valence-electron chi connectivity index (χ2n) is 10.1. The standard InChI is InChI=1S/C27H50N6O3/c1-7-8-14-30(6)27(22-29(5)21-26(4)33(35)36)28-23-32(17-18-34)20-25(3)13-11-12-24(2)19-31-15-9-10-16-31/h13,21,23,27,34H,2,7-12,14-20,22H2,1,3-6H3/b25-13+,26-21+,28-23+. The first-order chi connectivity index (χ1) is 17.2. The van der Waals surface area contributed by atoms with Crippen molar-refractivity contribution in [1.29, 1.82) is 0 Å². The highest BCUT2D eigenvalue weighted by molar-refractivity contribution is 5.55. The van der Waals surface area contributed by atoms with Crippen LogP contribution in [0.1, 0.15) is 59.3 Å². The Balaban J connectivity index is 2.74. The lowest BCUT2D eigenvalue weighted by Crippen LogP contribution is -2.40. The Morgan fingerprint density at radius 2 is 1.94 bits per heavy atom. The number of likely N-dealkylation sites (tertiary alicyclic amines) is 1. The second-order valence-corrected chi connectivity index (χ2v) is 10.1. The number of allylic oxidation sites excluding steroid dienone is 2. The highest BCUT2D eigenvalue weighted by Gasteiger charge is 2.16. The third kappa shape index (κ3) is 13.8. The fraction of sp³-hybridized carbons (Fsp3) is 0.741. The summed E-state index contributed by atoms with van der Waals surface area (Å²) in [4.78, 5) is 24.0. The summed E-state index contributed by atoms with van der Waals surface area (Å²) in [6.07, 6.45) is 12.2. The summed E-state index contributed by atoms with van der Waals surface area (Å²) >= 11 is 0. The second kappa shape index (κ2) is 18.1. The Hall–Kier alpha value is -2.23. The van der Waals surface area contributed by atoms with Crippen molar-refractivity contribution in [2.75, 3.05) is 66.5 Å². The van der Waals surface area contributed by atoms with Gasteiger partial charge in [-0.2, -0.15) is 0 Å². The van der Waals surface area contributed by atoms with Crippen LogP contribution < -0.4 is 0 Å². The van der Waals surface area contributed by atoms with Crippen LogP contribution in [0.15, 0.2) is 40.7 Å². The molecule has 1 fully saturated rings. The minimum atomic E-state index is -0.380. The van der Waals surface area contributed by atoms with Crippen LogP contribution in [0.4, 0.5) is 0 Å². The summed E-state index contributed by atoms with van der Waals surface area (Å²) < 4.78 is 0. The molecule has 9 heteroatoms. The summed E-state index contributed by atoms with van der Waals surface area (Å²) in [6.45, 7) is 16.1. The van der Waals surface area contributed by atoms with E-state index in [-0.39, 0.29) is 23.4 Å². The van der Waals surface area contributed by atoms with E-state index in [4.69, 9.17) is 4.99 Å². The van der Waals surface area contributed by atoms with E-state index in [0.29, 0.717) is 19.6 Å². The molecule has 0 saturated carbocycles. The topological polar surface area (TPSA) is 88.7 Å². The van der Waals surface area contributed by atoms with Crippen molar-refractivity contribution < 1.29 is 10.0 Å². The van der Waals surface area contributed by atoms with Crippen molar-refractivity contribution in [3.8, 4) is 0 Å². The van der Waals surface area contributed by atoms with Gasteiger partial charge in [-0.25, -0.2) is 0 Å². The summed E-state index contributed by atoms with van der Waals surface area (Å²) in [6, 6.07) is 0. The van der Waals surface area contributed by atoms with Crippen molar-refractivity contribution in [1.82, 2.24) is 19.6 Å². The molecule has 1 saturated heterocycles. The van der Waals surface area contributed by atoms with Crippen molar-refractivity contribution in [3.63, 3.8) is 0 Å². The van der Waals surface area contributed by atoms with Crippen LogP contribution in [-0.2, 0) is 0 Å². The smallest absolute Gasteiger partial charge is 0.258 e. The van der Waals surface area contributed by atoms with Crippen LogP contribution in [0.5, 0.6) is 0 Å². The predicted molar refractivity (Wildman–Crippen MR) is 150 cm³/mol. The number of nitro groups is 1. The van der Waals surface area contributed by atoms with Gasteiger partial charge in [-0.1, -0.05) is 37.1 Å². The molecule has 0 spiro atoms. The summed E-state index contributed by atoms with van der Waals surface area (Å²) in [7, 11) is 3.87. The number of aliphatic imine (C=N–C) groups is 1. The van der Waals surface area contributed by atoms with Gasteiger partial charge in [0.2, 0.25) is 0 Å². The van der Waals surface area contributed by atoms with Crippen LogP contribution in [0.2, 0.25) is 0 Å². The quantitative estimate of drug-likeness (QED) is 0.0937. The first-order valence-corrected chi connectivity index (χ1v) is 13.3. The molecule has 0 aromatic rings. The number of aliphatic hydroxyl groups excluding tert-OH is 1. The Labute approximate surface area is 219 Å². The zero-order valence-electron chi connectivity index (χ0n) is 23.4. The van der Waals surface area contributed by atoms with Gasteiger partial charge in [0.25, 0.3) is 5.70 Å². The number of hydrogen-bond acceptors (Lipinski definition) is 7. The average molecular weight is 507 g/mol. The molecule has 1 atom stereocenters. The van der Waals surface area contributed by atoms with E-state index < -0.39 is 0 Å². The van der Waals surface area contributed by atoms with Gasteiger partial charge in [0, 0.05) is 33.6 Å². The van der Waals surface area contributed by atoms with E-state index in [1.165, 1.54) is 44.0 Å². The van der Waals surface area contributed by atoms with Crippen LogP contribution in [0, 0.1) is 10.1 Å². The van der Waals surface area contributed by atoms with E-state index in [1.54, 1.807) is 6.20 Å². The fourth-order valence-corrected chi connectivity index (χ4v) is 4.25. The maximum Gasteiger partial charge on any atom is 0.258 e. The first kappa shape index (κ1) is 31.8. The number of nitrogens with zero attached hydrogens (tertiary/aromatic N) is 6. The third-order valence-electron chi connectivity index (χ3n) is 6.40. The molecule has 1 unspecified atom stereocenters. The molecule has 206 valence electrons. The largest absolute Gasteiger partial charge is 0.395 e. The SMILES string of the molecule is C=C(CC/C=C(\C)CN(/C=N/C(CN(C)/C=C(\C)[N+](=O)[O-])N(C)CCCC)CCO)CN1CCCC1. The molecule has 1 heterocycles. The van der Waals surface area contributed by atoms with Crippen molar-refractivity contribution in [2.24, 2.45) is 4.99 Å². The highest BCUT2D eigenvalue weighted by atomic mass is 16.6. The van der Waals surface area contributed by atoms with E-state index >= 15 is 0 Å². The Morgan fingerprint density at radius 1 is 1.25 bits per heavy atom. The zero-order valence-corrected chi connectivity index (χ0v) is 23.4. The van der Waals surface area contributed by atoms with Gasteiger partial charge >= 0.3 is 0 Å². The molecule has 0 amide bonds. The maximum absolute atomic E-state index is 11.0. The van der Waals surface area contributed by atoms with E-state index in [2.05, 4.69) is 36.3 Å². The van der Waals surface area contributed by atoms with Crippen molar-refractivity contribution in [3.05, 3.63) is 45.8 Å².